The molecule has 2 aliphatic rings. The average Bonchev–Trinajstić information content (AvgIpc) is 3.16. The van der Waals surface area contributed by atoms with Crippen molar-refractivity contribution in [2.75, 3.05) is 24.5 Å². The second-order valence-electron chi connectivity index (χ2n) is 9.17. The Labute approximate surface area is 206 Å². The van der Waals surface area contributed by atoms with E-state index in [1.54, 1.807) is 24.4 Å². The first kappa shape index (κ1) is 23.4. The van der Waals surface area contributed by atoms with Crippen molar-refractivity contribution in [2.45, 2.75) is 26.3 Å². The summed E-state index contributed by atoms with van der Waals surface area (Å²) in [5.41, 5.74) is 2.46. The topological polar surface area (TPSA) is 100 Å². The Bertz CT molecular complexity index is 1320. The Balaban J connectivity index is 1.16. The zero-order chi connectivity index (χ0) is 24.4. The fourth-order valence-electron chi connectivity index (χ4n) is 4.30. The molecule has 2 amide bonds. The summed E-state index contributed by atoms with van der Waals surface area (Å²) < 4.78 is 13.4. The largest absolute Gasteiger partial charge is 0.341 e. The predicted molar refractivity (Wildman–Crippen MR) is 134 cm³/mol. The molecule has 0 bridgehead atoms. The van der Waals surface area contributed by atoms with Crippen molar-refractivity contribution >= 4 is 45.8 Å². The maximum Gasteiger partial charge on any atom is 0.290 e. The minimum atomic E-state index is -0.394. The third-order valence-electron chi connectivity index (χ3n) is 6.41. The number of anilines is 1. The van der Waals surface area contributed by atoms with Gasteiger partial charge < -0.3 is 10.2 Å². The molecule has 2 fully saturated rings. The van der Waals surface area contributed by atoms with E-state index >= 15 is 0 Å². The molecule has 0 unspecified atom stereocenters. The third kappa shape index (κ3) is 5.49. The van der Waals surface area contributed by atoms with Crippen molar-refractivity contribution < 1.29 is 14.0 Å². The van der Waals surface area contributed by atoms with Gasteiger partial charge in [0.05, 0.1) is 21.8 Å². The molecule has 1 aromatic carbocycles. The number of carbonyl (C=O) groups is 2. The normalized spacial score (nSPS) is 18.9. The highest BCUT2D eigenvalue weighted by molar-refractivity contribution is 8.18. The van der Waals surface area contributed by atoms with Crippen molar-refractivity contribution in [3.05, 3.63) is 64.7 Å². The van der Waals surface area contributed by atoms with Gasteiger partial charge in [-0.05, 0) is 66.4 Å². The second-order valence-corrected chi connectivity index (χ2v) is 10.2. The van der Waals surface area contributed by atoms with Gasteiger partial charge in [0.25, 0.3) is 11.1 Å². The number of carbonyl (C=O) groups excluding carboxylic acids is 2. The van der Waals surface area contributed by atoms with Gasteiger partial charge in [0.2, 0.25) is 5.95 Å². The standard InChI is InChI=1S/C25H25FN6O2S/c1-25(15-27-14-19-4-2-16-12-17(26)3-5-20(16)29-19)7-10-32(11-8-25)23-28-9-6-18(30-23)13-21-22(33)31-24(34)35-21/h2-6,9,12-13,27H,7-8,10-11,14-15H2,1H3,(H,31,33,34)/b21-13-. The summed E-state index contributed by atoms with van der Waals surface area (Å²) in [4.78, 5) is 39.3. The molecule has 0 spiro atoms. The summed E-state index contributed by atoms with van der Waals surface area (Å²) in [7, 11) is 0. The number of thioether (sulfide) groups is 1. The van der Waals surface area contributed by atoms with Crippen molar-refractivity contribution in [2.24, 2.45) is 5.41 Å². The Morgan fingerprint density at radius 2 is 2.00 bits per heavy atom. The Morgan fingerprint density at radius 3 is 2.77 bits per heavy atom. The fourth-order valence-corrected chi connectivity index (χ4v) is 4.97. The lowest BCUT2D eigenvalue weighted by molar-refractivity contribution is -0.115. The molecule has 8 nitrogen and oxygen atoms in total. The molecule has 0 aliphatic carbocycles. The lowest BCUT2D eigenvalue weighted by atomic mass is 9.80. The molecule has 10 heteroatoms. The van der Waals surface area contributed by atoms with Crippen molar-refractivity contribution in [3.63, 3.8) is 0 Å². The quantitative estimate of drug-likeness (QED) is 0.500. The summed E-state index contributed by atoms with van der Waals surface area (Å²) >= 11 is 0.878. The summed E-state index contributed by atoms with van der Waals surface area (Å²) in [5.74, 6) is -0.0228. The fraction of sp³-hybridized carbons (Fsp3) is 0.320. The zero-order valence-electron chi connectivity index (χ0n) is 19.3. The van der Waals surface area contributed by atoms with Gasteiger partial charge in [-0.25, -0.2) is 14.4 Å². The van der Waals surface area contributed by atoms with E-state index in [0.29, 0.717) is 23.1 Å². The van der Waals surface area contributed by atoms with Gasteiger partial charge in [0.15, 0.2) is 0 Å². The van der Waals surface area contributed by atoms with Gasteiger partial charge in [-0.3, -0.25) is 19.9 Å². The first-order valence-corrected chi connectivity index (χ1v) is 12.3. The van der Waals surface area contributed by atoms with Gasteiger partial charge in [0.1, 0.15) is 5.82 Å². The first-order chi connectivity index (χ1) is 16.9. The van der Waals surface area contributed by atoms with E-state index in [9.17, 15) is 14.0 Å². The molecule has 2 N–H and O–H groups in total. The number of aromatic nitrogens is 3. The maximum absolute atomic E-state index is 13.4. The SMILES string of the molecule is CC1(CNCc2ccc3cc(F)ccc3n2)CCN(c2nccc(/C=C3\SC(=O)NC3=O)n2)CC1. The number of benzene rings is 1. The van der Waals surface area contributed by atoms with Gasteiger partial charge in [0, 0.05) is 37.8 Å². The van der Waals surface area contributed by atoms with E-state index in [1.165, 1.54) is 12.1 Å². The third-order valence-corrected chi connectivity index (χ3v) is 7.22. The van der Waals surface area contributed by atoms with Crippen LogP contribution in [0.3, 0.4) is 0 Å². The summed E-state index contributed by atoms with van der Waals surface area (Å²) in [6, 6.07) is 10.2. The molecule has 5 rings (SSSR count). The number of pyridine rings is 1. The van der Waals surface area contributed by atoms with Gasteiger partial charge in [-0.1, -0.05) is 13.0 Å². The lowest BCUT2D eigenvalue weighted by Crippen LogP contribution is -2.44. The van der Waals surface area contributed by atoms with E-state index in [0.717, 1.165) is 60.8 Å². The van der Waals surface area contributed by atoms with E-state index < -0.39 is 5.91 Å². The van der Waals surface area contributed by atoms with E-state index in [4.69, 9.17) is 0 Å². The first-order valence-electron chi connectivity index (χ1n) is 11.5. The van der Waals surface area contributed by atoms with Gasteiger partial charge >= 0.3 is 0 Å². The van der Waals surface area contributed by atoms with E-state index in [1.807, 2.05) is 12.1 Å². The van der Waals surface area contributed by atoms with Crippen molar-refractivity contribution in [1.29, 1.82) is 0 Å². The second kappa shape index (κ2) is 9.71. The molecule has 2 aromatic heterocycles. The number of piperidine rings is 1. The molecule has 3 aromatic rings. The number of amides is 2. The Hall–Kier alpha value is -3.37. The molecule has 0 atom stereocenters. The number of fused-ring (bicyclic) bond motifs is 1. The molecule has 0 radical (unpaired) electrons. The van der Waals surface area contributed by atoms with Crippen LogP contribution in [0.25, 0.3) is 17.0 Å². The number of imide groups is 1. The van der Waals surface area contributed by atoms with Crippen LogP contribution in [0.15, 0.2) is 47.5 Å². The molecular formula is C25H25FN6O2S. The van der Waals surface area contributed by atoms with Crippen LogP contribution in [0.1, 0.15) is 31.2 Å². The van der Waals surface area contributed by atoms with Crippen molar-refractivity contribution in [3.8, 4) is 0 Å². The van der Waals surface area contributed by atoms with Gasteiger partial charge in [-0.15, -0.1) is 0 Å². The average molecular weight is 493 g/mol. The summed E-state index contributed by atoms with van der Waals surface area (Å²) in [6.07, 6.45) is 5.25. The van der Waals surface area contributed by atoms with Crippen LogP contribution in [0, 0.1) is 11.2 Å². The zero-order valence-corrected chi connectivity index (χ0v) is 20.1. The highest BCUT2D eigenvalue weighted by Crippen LogP contribution is 2.32. The molecular weight excluding hydrogens is 467 g/mol. The Kier molecular flexibility index (Phi) is 6.48. The monoisotopic (exact) mass is 492 g/mol. The van der Waals surface area contributed by atoms with E-state index in [2.05, 4.69) is 37.4 Å². The van der Waals surface area contributed by atoms with Crippen LogP contribution in [0.4, 0.5) is 15.1 Å². The molecule has 4 heterocycles. The van der Waals surface area contributed by atoms with Gasteiger partial charge in [-0.2, -0.15) is 0 Å². The number of hydrogen-bond acceptors (Lipinski definition) is 8. The molecule has 2 aliphatic heterocycles. The number of hydrogen-bond donors (Lipinski definition) is 2. The van der Waals surface area contributed by atoms with Crippen molar-refractivity contribution in [1.82, 2.24) is 25.6 Å². The number of nitrogens with one attached hydrogen (secondary N) is 2. The smallest absolute Gasteiger partial charge is 0.290 e. The minimum absolute atomic E-state index is 0.134. The highest BCUT2D eigenvalue weighted by atomic mass is 32.2. The highest BCUT2D eigenvalue weighted by Gasteiger charge is 2.31. The summed E-state index contributed by atoms with van der Waals surface area (Å²) in [6.45, 7) is 5.44. The van der Waals surface area contributed by atoms with E-state index in [-0.39, 0.29) is 16.5 Å². The van der Waals surface area contributed by atoms with Crippen LogP contribution in [0.2, 0.25) is 0 Å². The minimum Gasteiger partial charge on any atom is -0.341 e. The number of nitrogens with zero attached hydrogens (tertiary/aromatic N) is 4. The van der Waals surface area contributed by atoms with Crippen LogP contribution in [-0.2, 0) is 11.3 Å². The lowest BCUT2D eigenvalue weighted by Gasteiger charge is -2.39. The Morgan fingerprint density at radius 1 is 1.17 bits per heavy atom. The molecule has 2 saturated heterocycles. The molecule has 35 heavy (non-hydrogen) atoms. The van der Waals surface area contributed by atoms with Crippen LogP contribution >= 0.6 is 11.8 Å². The summed E-state index contributed by atoms with van der Waals surface area (Å²) in [5, 5.41) is 6.22. The number of rotatable bonds is 6. The predicted octanol–water partition coefficient (Wildman–Crippen LogP) is 3.88. The molecule has 180 valence electrons. The maximum atomic E-state index is 13.4. The molecule has 0 saturated carbocycles. The number of halogens is 1. The van der Waals surface area contributed by atoms with Crippen LogP contribution < -0.4 is 15.5 Å². The van der Waals surface area contributed by atoms with Crippen LogP contribution in [-0.4, -0.2) is 45.7 Å². The van der Waals surface area contributed by atoms with Crippen LogP contribution in [0.5, 0.6) is 0 Å².